The highest BCUT2D eigenvalue weighted by Crippen LogP contribution is 2.38. The number of ketones is 1. The SMILES string of the molecule is CC(C)(C(=O)C1CCOC2(CCOC2)C1)N1CCCCC1. The maximum Gasteiger partial charge on any atom is 0.155 e. The van der Waals surface area contributed by atoms with Crippen LogP contribution in [0.3, 0.4) is 0 Å². The van der Waals surface area contributed by atoms with Crippen LogP contribution < -0.4 is 0 Å². The van der Waals surface area contributed by atoms with Crippen molar-refractivity contribution in [3.05, 3.63) is 0 Å². The fraction of sp³-hybridized carbons (Fsp3) is 0.941. The molecule has 1 spiro atoms. The molecule has 21 heavy (non-hydrogen) atoms. The van der Waals surface area contributed by atoms with Gasteiger partial charge in [0.05, 0.1) is 17.7 Å². The Labute approximate surface area is 128 Å². The molecular weight excluding hydrogens is 266 g/mol. The summed E-state index contributed by atoms with van der Waals surface area (Å²) in [5, 5.41) is 0. The van der Waals surface area contributed by atoms with Crippen molar-refractivity contribution in [2.24, 2.45) is 5.92 Å². The van der Waals surface area contributed by atoms with Crippen molar-refractivity contribution < 1.29 is 14.3 Å². The summed E-state index contributed by atoms with van der Waals surface area (Å²) in [4.78, 5) is 15.5. The van der Waals surface area contributed by atoms with Crippen molar-refractivity contribution >= 4 is 5.78 Å². The Balaban J connectivity index is 1.68. The Morgan fingerprint density at radius 3 is 2.62 bits per heavy atom. The van der Waals surface area contributed by atoms with Crippen LogP contribution in [0.5, 0.6) is 0 Å². The fourth-order valence-electron chi connectivity index (χ4n) is 4.22. The summed E-state index contributed by atoms with van der Waals surface area (Å²) in [5.74, 6) is 0.552. The first-order valence-electron chi connectivity index (χ1n) is 8.55. The first-order chi connectivity index (χ1) is 10.0. The van der Waals surface area contributed by atoms with Gasteiger partial charge in [-0.25, -0.2) is 0 Å². The minimum absolute atomic E-state index is 0.136. The van der Waals surface area contributed by atoms with Gasteiger partial charge in [-0.3, -0.25) is 9.69 Å². The quantitative estimate of drug-likeness (QED) is 0.801. The summed E-state index contributed by atoms with van der Waals surface area (Å²) in [6.45, 7) is 8.52. The molecular formula is C17H29NO3. The third-order valence-electron chi connectivity index (χ3n) is 5.68. The monoisotopic (exact) mass is 295 g/mol. The van der Waals surface area contributed by atoms with Gasteiger partial charge in [0.15, 0.2) is 5.78 Å². The molecule has 2 unspecified atom stereocenters. The molecule has 120 valence electrons. The van der Waals surface area contributed by atoms with E-state index >= 15 is 0 Å². The maximum absolute atomic E-state index is 13.1. The minimum Gasteiger partial charge on any atom is -0.378 e. The third-order valence-corrected chi connectivity index (χ3v) is 5.68. The highest BCUT2D eigenvalue weighted by atomic mass is 16.6. The minimum atomic E-state index is -0.330. The predicted octanol–water partition coefficient (Wildman–Crippen LogP) is 2.41. The van der Waals surface area contributed by atoms with Crippen LogP contribution in [-0.2, 0) is 14.3 Å². The molecule has 0 amide bonds. The second-order valence-corrected chi connectivity index (χ2v) is 7.49. The molecule has 0 N–H and O–H groups in total. The Morgan fingerprint density at radius 2 is 1.95 bits per heavy atom. The highest BCUT2D eigenvalue weighted by Gasteiger charge is 2.47. The molecule has 3 rings (SSSR count). The lowest BCUT2D eigenvalue weighted by Gasteiger charge is -2.44. The number of Topliss-reactive ketones (excluding diaryl/α,β-unsaturated/α-hetero) is 1. The highest BCUT2D eigenvalue weighted by molar-refractivity contribution is 5.89. The molecule has 0 aromatic carbocycles. The average Bonchev–Trinajstić information content (AvgIpc) is 2.95. The Bertz CT molecular complexity index is 381. The molecule has 2 atom stereocenters. The molecule has 0 aliphatic carbocycles. The number of carbonyl (C=O) groups excluding carboxylic acids is 1. The number of rotatable bonds is 3. The molecule has 3 aliphatic heterocycles. The molecule has 0 aromatic rings. The van der Waals surface area contributed by atoms with Crippen LogP contribution in [0.2, 0.25) is 0 Å². The van der Waals surface area contributed by atoms with Gasteiger partial charge in [0.2, 0.25) is 0 Å². The summed E-state index contributed by atoms with van der Waals surface area (Å²) >= 11 is 0. The lowest BCUT2D eigenvalue weighted by Crippen LogP contribution is -2.56. The number of ether oxygens (including phenoxy) is 2. The smallest absolute Gasteiger partial charge is 0.155 e. The molecule has 4 nitrogen and oxygen atoms in total. The van der Waals surface area contributed by atoms with Gasteiger partial charge in [0.25, 0.3) is 0 Å². The number of nitrogens with zero attached hydrogens (tertiary/aromatic N) is 1. The van der Waals surface area contributed by atoms with Crippen LogP contribution in [0.25, 0.3) is 0 Å². The van der Waals surface area contributed by atoms with Crippen molar-refractivity contribution in [1.29, 1.82) is 0 Å². The molecule has 3 aliphatic rings. The topological polar surface area (TPSA) is 38.8 Å². The zero-order valence-electron chi connectivity index (χ0n) is 13.5. The van der Waals surface area contributed by atoms with E-state index in [-0.39, 0.29) is 17.1 Å². The third kappa shape index (κ3) is 3.03. The largest absolute Gasteiger partial charge is 0.378 e. The van der Waals surface area contributed by atoms with Crippen LogP contribution in [0, 0.1) is 5.92 Å². The standard InChI is InChI=1S/C17H29NO3/c1-16(2,18-8-4-3-5-9-18)15(19)14-6-10-21-17(12-14)7-11-20-13-17/h14H,3-13H2,1-2H3. The van der Waals surface area contributed by atoms with Crippen molar-refractivity contribution in [1.82, 2.24) is 4.90 Å². The van der Waals surface area contributed by atoms with Gasteiger partial charge >= 0.3 is 0 Å². The van der Waals surface area contributed by atoms with Gasteiger partial charge in [-0.1, -0.05) is 6.42 Å². The van der Waals surface area contributed by atoms with Crippen LogP contribution in [-0.4, -0.2) is 54.7 Å². The molecule has 4 heteroatoms. The van der Waals surface area contributed by atoms with Crippen molar-refractivity contribution in [3.63, 3.8) is 0 Å². The van der Waals surface area contributed by atoms with E-state index in [0.717, 1.165) is 39.0 Å². The summed E-state index contributed by atoms with van der Waals surface area (Å²) in [7, 11) is 0. The number of hydrogen-bond acceptors (Lipinski definition) is 4. The van der Waals surface area contributed by atoms with E-state index in [1.165, 1.54) is 19.3 Å². The molecule has 0 aromatic heterocycles. The zero-order valence-corrected chi connectivity index (χ0v) is 13.5. The lowest BCUT2D eigenvalue weighted by molar-refractivity contribution is -0.147. The van der Waals surface area contributed by atoms with E-state index in [1.807, 2.05) is 0 Å². The van der Waals surface area contributed by atoms with Gasteiger partial charge in [-0.2, -0.15) is 0 Å². The van der Waals surface area contributed by atoms with E-state index in [2.05, 4.69) is 18.7 Å². The van der Waals surface area contributed by atoms with Crippen LogP contribution >= 0.6 is 0 Å². The fourth-order valence-corrected chi connectivity index (χ4v) is 4.22. The Morgan fingerprint density at radius 1 is 1.19 bits per heavy atom. The first kappa shape index (κ1) is 15.4. The summed E-state index contributed by atoms with van der Waals surface area (Å²) < 4.78 is 11.5. The normalized spacial score (nSPS) is 35.2. The predicted molar refractivity (Wildman–Crippen MR) is 81.4 cm³/mol. The zero-order chi connectivity index (χ0) is 14.9. The lowest BCUT2D eigenvalue weighted by atomic mass is 9.77. The van der Waals surface area contributed by atoms with Gasteiger partial charge in [-0.05, 0) is 52.6 Å². The Kier molecular flexibility index (Phi) is 4.40. The molecule has 3 saturated heterocycles. The second kappa shape index (κ2) is 5.98. The summed E-state index contributed by atoms with van der Waals surface area (Å²) in [5.41, 5.74) is -0.500. The first-order valence-corrected chi connectivity index (χ1v) is 8.55. The van der Waals surface area contributed by atoms with Gasteiger partial charge < -0.3 is 9.47 Å². The van der Waals surface area contributed by atoms with Gasteiger partial charge in [-0.15, -0.1) is 0 Å². The number of carbonyl (C=O) groups is 1. The second-order valence-electron chi connectivity index (χ2n) is 7.49. The Hall–Kier alpha value is -0.450. The van der Waals surface area contributed by atoms with E-state index in [4.69, 9.17) is 9.47 Å². The van der Waals surface area contributed by atoms with Crippen LogP contribution in [0.1, 0.15) is 52.4 Å². The van der Waals surface area contributed by atoms with Gasteiger partial charge in [0.1, 0.15) is 0 Å². The summed E-state index contributed by atoms with van der Waals surface area (Å²) in [6, 6.07) is 0. The van der Waals surface area contributed by atoms with E-state index in [1.54, 1.807) is 0 Å². The van der Waals surface area contributed by atoms with E-state index < -0.39 is 0 Å². The van der Waals surface area contributed by atoms with Crippen molar-refractivity contribution in [2.75, 3.05) is 32.9 Å². The molecule has 0 bridgehead atoms. The maximum atomic E-state index is 13.1. The average molecular weight is 295 g/mol. The molecule has 0 radical (unpaired) electrons. The molecule has 0 saturated carbocycles. The number of likely N-dealkylation sites (tertiary alicyclic amines) is 1. The van der Waals surface area contributed by atoms with Crippen LogP contribution in [0.15, 0.2) is 0 Å². The molecule has 3 fully saturated rings. The number of piperidine rings is 1. The summed E-state index contributed by atoms with van der Waals surface area (Å²) in [6.07, 6.45) is 6.42. The van der Waals surface area contributed by atoms with Crippen molar-refractivity contribution in [3.8, 4) is 0 Å². The van der Waals surface area contributed by atoms with E-state index in [0.29, 0.717) is 19.0 Å². The molecule has 3 heterocycles. The van der Waals surface area contributed by atoms with Crippen LogP contribution in [0.4, 0.5) is 0 Å². The number of hydrogen-bond donors (Lipinski definition) is 0. The van der Waals surface area contributed by atoms with Crippen molar-refractivity contribution in [2.45, 2.75) is 63.5 Å². The van der Waals surface area contributed by atoms with E-state index in [9.17, 15) is 4.79 Å². The van der Waals surface area contributed by atoms with Gasteiger partial charge in [0, 0.05) is 25.6 Å².